The number of nitrogens with one attached hydrogen (secondary N) is 1. The molecule has 138 valence electrons. The first-order valence-corrected chi connectivity index (χ1v) is 9.23. The Morgan fingerprint density at radius 3 is 2.50 bits per heavy atom. The fourth-order valence-corrected chi connectivity index (χ4v) is 3.26. The highest BCUT2D eigenvalue weighted by atomic mass is 16.2. The number of nitrogens with zero attached hydrogens (tertiary/aromatic N) is 4. The second kappa shape index (κ2) is 8.76. The highest BCUT2D eigenvalue weighted by Gasteiger charge is 2.26. The van der Waals surface area contributed by atoms with Crippen LogP contribution in [0, 0.1) is 0 Å². The molecule has 1 aliphatic rings. The summed E-state index contributed by atoms with van der Waals surface area (Å²) in [5, 5.41) is 3.10. The molecule has 1 amide bonds. The molecule has 2 atom stereocenters. The summed E-state index contributed by atoms with van der Waals surface area (Å²) in [6.07, 6.45) is 5.19. The second-order valence-corrected chi connectivity index (χ2v) is 6.82. The number of benzene rings is 1. The third kappa shape index (κ3) is 4.58. The molecule has 0 unspecified atom stereocenters. The zero-order valence-corrected chi connectivity index (χ0v) is 15.5. The zero-order valence-electron chi connectivity index (χ0n) is 15.5. The molecule has 2 aromatic rings. The number of hydrogen-bond donors (Lipinski definition) is 1. The van der Waals surface area contributed by atoms with E-state index in [2.05, 4.69) is 44.1 Å². The van der Waals surface area contributed by atoms with Gasteiger partial charge in [0.15, 0.2) is 0 Å². The van der Waals surface area contributed by atoms with Crippen LogP contribution >= 0.6 is 0 Å². The number of hydrogen-bond acceptors (Lipinski definition) is 5. The maximum absolute atomic E-state index is 12.5. The maximum Gasteiger partial charge on any atom is 0.237 e. The van der Waals surface area contributed by atoms with Crippen LogP contribution < -0.4 is 10.2 Å². The van der Waals surface area contributed by atoms with Gasteiger partial charge in [0.25, 0.3) is 0 Å². The molecule has 2 heterocycles. The average molecular weight is 353 g/mol. The summed E-state index contributed by atoms with van der Waals surface area (Å²) in [5.41, 5.74) is 1.25. The fraction of sp³-hybridized carbons (Fsp3) is 0.450. The predicted molar refractivity (Wildman–Crippen MR) is 103 cm³/mol. The lowest BCUT2D eigenvalue weighted by Gasteiger charge is -2.37. The van der Waals surface area contributed by atoms with Gasteiger partial charge in [-0.15, -0.1) is 0 Å². The molecule has 0 bridgehead atoms. The van der Waals surface area contributed by atoms with Crippen molar-refractivity contribution in [2.75, 3.05) is 37.6 Å². The van der Waals surface area contributed by atoms with Crippen LogP contribution in [0.5, 0.6) is 0 Å². The van der Waals surface area contributed by atoms with Crippen molar-refractivity contribution in [3.8, 4) is 0 Å². The lowest BCUT2D eigenvalue weighted by Crippen LogP contribution is -2.54. The highest BCUT2D eigenvalue weighted by molar-refractivity contribution is 5.81. The van der Waals surface area contributed by atoms with Crippen LogP contribution in [0.3, 0.4) is 0 Å². The standard InChI is InChI=1S/C20H27N5O/c1-16(18-6-4-3-5-7-18)14-23-20(26)17(2)24-10-12-25(13-11-24)19-15-21-8-9-22-19/h3-9,15-17H,10-14H2,1-2H3,(H,23,26)/t16-,17-/m1/s1. The molecule has 1 fully saturated rings. The van der Waals surface area contributed by atoms with Gasteiger partial charge in [-0.3, -0.25) is 14.7 Å². The molecule has 0 radical (unpaired) electrons. The lowest BCUT2D eigenvalue weighted by molar-refractivity contribution is -0.126. The van der Waals surface area contributed by atoms with E-state index < -0.39 is 0 Å². The predicted octanol–water partition coefficient (Wildman–Crippen LogP) is 1.91. The van der Waals surface area contributed by atoms with Gasteiger partial charge < -0.3 is 10.2 Å². The van der Waals surface area contributed by atoms with Gasteiger partial charge in [-0.1, -0.05) is 37.3 Å². The number of carbonyl (C=O) groups excluding carboxylic acids is 1. The van der Waals surface area contributed by atoms with Gasteiger partial charge in [0.1, 0.15) is 5.82 Å². The van der Waals surface area contributed by atoms with Crippen molar-refractivity contribution < 1.29 is 4.79 Å². The normalized spacial score (nSPS) is 17.5. The summed E-state index contributed by atoms with van der Waals surface area (Å²) in [4.78, 5) is 25.5. The largest absolute Gasteiger partial charge is 0.354 e. The first-order valence-electron chi connectivity index (χ1n) is 9.23. The summed E-state index contributed by atoms with van der Waals surface area (Å²) < 4.78 is 0. The molecule has 0 saturated carbocycles. The number of rotatable bonds is 6. The van der Waals surface area contributed by atoms with E-state index in [1.54, 1.807) is 18.6 Å². The highest BCUT2D eigenvalue weighted by Crippen LogP contribution is 2.15. The summed E-state index contributed by atoms with van der Waals surface area (Å²) in [7, 11) is 0. The first kappa shape index (κ1) is 18.3. The molecule has 1 aliphatic heterocycles. The summed E-state index contributed by atoms with van der Waals surface area (Å²) in [5.74, 6) is 1.31. The molecule has 1 aromatic carbocycles. The van der Waals surface area contributed by atoms with Crippen LogP contribution in [0.1, 0.15) is 25.3 Å². The van der Waals surface area contributed by atoms with Gasteiger partial charge in [0.05, 0.1) is 12.2 Å². The van der Waals surface area contributed by atoms with Gasteiger partial charge in [0, 0.05) is 45.1 Å². The molecule has 26 heavy (non-hydrogen) atoms. The van der Waals surface area contributed by atoms with E-state index in [0.29, 0.717) is 12.5 Å². The van der Waals surface area contributed by atoms with E-state index in [1.165, 1.54) is 5.56 Å². The number of piperazine rings is 1. The van der Waals surface area contributed by atoms with Crippen LogP contribution in [0.15, 0.2) is 48.9 Å². The van der Waals surface area contributed by atoms with Crippen molar-refractivity contribution in [1.82, 2.24) is 20.2 Å². The van der Waals surface area contributed by atoms with Gasteiger partial charge in [-0.05, 0) is 18.4 Å². The Morgan fingerprint density at radius 1 is 1.12 bits per heavy atom. The van der Waals surface area contributed by atoms with E-state index in [4.69, 9.17) is 0 Å². The van der Waals surface area contributed by atoms with Gasteiger partial charge >= 0.3 is 0 Å². The monoisotopic (exact) mass is 353 g/mol. The molecule has 0 aliphatic carbocycles. The molecule has 6 nitrogen and oxygen atoms in total. The van der Waals surface area contributed by atoms with Gasteiger partial charge in [-0.25, -0.2) is 4.98 Å². The molecule has 1 N–H and O–H groups in total. The second-order valence-electron chi connectivity index (χ2n) is 6.82. The number of amides is 1. The Bertz CT molecular complexity index is 686. The number of carbonyl (C=O) groups is 1. The van der Waals surface area contributed by atoms with Crippen molar-refractivity contribution >= 4 is 11.7 Å². The molecule has 3 rings (SSSR count). The fourth-order valence-electron chi connectivity index (χ4n) is 3.26. The Morgan fingerprint density at radius 2 is 1.85 bits per heavy atom. The van der Waals surface area contributed by atoms with Crippen LogP contribution in [0.4, 0.5) is 5.82 Å². The molecule has 1 saturated heterocycles. The molecule has 1 aromatic heterocycles. The van der Waals surface area contributed by atoms with E-state index >= 15 is 0 Å². The summed E-state index contributed by atoms with van der Waals surface area (Å²) >= 11 is 0. The summed E-state index contributed by atoms with van der Waals surface area (Å²) in [6, 6.07) is 10.2. The quantitative estimate of drug-likeness (QED) is 0.860. The van der Waals surface area contributed by atoms with Crippen LogP contribution in [0.2, 0.25) is 0 Å². The Balaban J connectivity index is 1.46. The minimum absolute atomic E-state index is 0.0979. The van der Waals surface area contributed by atoms with E-state index in [9.17, 15) is 4.79 Å². The molecular formula is C20H27N5O. The molecule has 6 heteroatoms. The third-order valence-electron chi connectivity index (χ3n) is 5.07. The minimum Gasteiger partial charge on any atom is -0.354 e. The Hall–Kier alpha value is -2.47. The van der Waals surface area contributed by atoms with Crippen molar-refractivity contribution in [2.24, 2.45) is 0 Å². The van der Waals surface area contributed by atoms with Crippen molar-refractivity contribution in [1.29, 1.82) is 0 Å². The van der Waals surface area contributed by atoms with Crippen LogP contribution in [0.25, 0.3) is 0 Å². The SMILES string of the molecule is C[C@H](CNC(=O)[C@@H](C)N1CCN(c2cnccn2)CC1)c1ccccc1. The van der Waals surface area contributed by atoms with Crippen LogP contribution in [-0.2, 0) is 4.79 Å². The number of aromatic nitrogens is 2. The van der Waals surface area contributed by atoms with Gasteiger partial charge in [-0.2, -0.15) is 0 Å². The Labute approximate surface area is 155 Å². The average Bonchev–Trinajstić information content (AvgIpc) is 2.72. The Kier molecular flexibility index (Phi) is 6.17. The number of anilines is 1. The maximum atomic E-state index is 12.5. The zero-order chi connectivity index (χ0) is 18.4. The van der Waals surface area contributed by atoms with E-state index in [-0.39, 0.29) is 11.9 Å². The van der Waals surface area contributed by atoms with Crippen molar-refractivity contribution in [3.05, 3.63) is 54.5 Å². The van der Waals surface area contributed by atoms with E-state index in [0.717, 1.165) is 32.0 Å². The minimum atomic E-state index is -0.123. The first-order chi connectivity index (χ1) is 12.6. The summed E-state index contributed by atoms with van der Waals surface area (Å²) in [6.45, 7) is 8.19. The molecule has 0 spiro atoms. The molecular weight excluding hydrogens is 326 g/mol. The third-order valence-corrected chi connectivity index (χ3v) is 5.07. The van der Waals surface area contributed by atoms with Crippen molar-refractivity contribution in [3.63, 3.8) is 0 Å². The van der Waals surface area contributed by atoms with E-state index in [1.807, 2.05) is 25.1 Å². The van der Waals surface area contributed by atoms with Gasteiger partial charge in [0.2, 0.25) is 5.91 Å². The smallest absolute Gasteiger partial charge is 0.237 e. The topological polar surface area (TPSA) is 61.4 Å². The van der Waals surface area contributed by atoms with Crippen molar-refractivity contribution in [2.45, 2.75) is 25.8 Å². The lowest BCUT2D eigenvalue weighted by atomic mass is 10.0. The van der Waals surface area contributed by atoms with Crippen LogP contribution in [-0.4, -0.2) is 59.5 Å².